The first-order chi connectivity index (χ1) is 19.3. The Balaban J connectivity index is 1.37. The average Bonchev–Trinajstić information content (AvgIpc) is 3.80. The van der Waals surface area contributed by atoms with Crippen molar-refractivity contribution < 1.29 is 0 Å². The number of rotatable bonds is 9. The number of hydrogen-bond donors (Lipinski definition) is 0. The van der Waals surface area contributed by atoms with Crippen LogP contribution >= 0.6 is 0 Å². The molecule has 6 aliphatic rings. The Morgan fingerprint density at radius 1 is 0.333 bits per heavy atom. The van der Waals surface area contributed by atoms with E-state index in [0.29, 0.717) is 0 Å². The second-order valence-electron chi connectivity index (χ2n) is 12.4. The maximum atomic E-state index is 2.95. The third kappa shape index (κ3) is 6.19. The summed E-state index contributed by atoms with van der Waals surface area (Å²) in [6, 6.07) is 8.85. The fraction of sp³-hybridized carbons (Fsp3) is 0.500. The quantitative estimate of drug-likeness (QED) is 0.173. The summed E-state index contributed by atoms with van der Waals surface area (Å²) in [5.41, 5.74) is 0. The summed E-state index contributed by atoms with van der Waals surface area (Å²) in [5, 5.41) is 0. The van der Waals surface area contributed by atoms with Gasteiger partial charge in [-0.05, 0) is 0 Å². The van der Waals surface area contributed by atoms with Crippen molar-refractivity contribution in [2.24, 2.45) is 0 Å². The van der Waals surface area contributed by atoms with Gasteiger partial charge in [-0.1, -0.05) is 0 Å². The second-order valence-corrected chi connectivity index (χ2v) is 43.4. The normalized spacial score (nSPS) is 33.0. The third-order valence-corrected chi connectivity index (χ3v) is 46.5. The molecule has 0 fully saturated rings. The van der Waals surface area contributed by atoms with E-state index in [4.69, 9.17) is 0 Å². The van der Waals surface area contributed by atoms with Gasteiger partial charge in [-0.15, -0.1) is 0 Å². The van der Waals surface area contributed by atoms with E-state index >= 15 is 0 Å². The predicted octanol–water partition coefficient (Wildman–Crippen LogP) is 8.11. The molecule has 0 spiro atoms. The SMILES string of the molecule is C1=C[CH]([Bi]([c]2c[c]([Bi]([CH]3C=CCC3)[CH]3C=CCC3)c[c]([Bi]([CH]3C=CCC3)[CH]3C=CCC3)c2)[CH]2C=CCC2)CC1. The molecule has 0 nitrogen and oxygen atoms in total. The Kier molecular flexibility index (Phi) is 9.59. The molecule has 0 aromatic heterocycles. The summed E-state index contributed by atoms with van der Waals surface area (Å²) in [7, 11) is 0. The molecule has 0 saturated carbocycles. The molecule has 1 aromatic rings. The van der Waals surface area contributed by atoms with Gasteiger partial charge in [0.1, 0.15) is 0 Å². The van der Waals surface area contributed by atoms with Crippen LogP contribution < -0.4 is 9.81 Å². The zero-order chi connectivity index (χ0) is 26.0. The van der Waals surface area contributed by atoms with Gasteiger partial charge in [0.05, 0.1) is 0 Å². The van der Waals surface area contributed by atoms with E-state index in [1.807, 2.05) is 9.81 Å². The van der Waals surface area contributed by atoms with Crippen molar-refractivity contribution in [2.45, 2.75) is 98.8 Å². The molecule has 0 aliphatic heterocycles. The van der Waals surface area contributed by atoms with Crippen LogP contribution in [0.25, 0.3) is 0 Å². The standard InChI is InChI=1S/C6H3.6C5H7.3Bi/c1-2-4-6-5-3-1;6*1-2-4-5-3-1;;;/h1,4-5H;6*1-3H,4-5H2;;;. The zero-order valence-corrected chi connectivity index (χ0v) is 33.9. The van der Waals surface area contributed by atoms with Crippen LogP contribution in [0.15, 0.2) is 91.1 Å². The van der Waals surface area contributed by atoms with Crippen LogP contribution in [-0.4, -0.2) is 65.3 Å². The first-order valence-electron chi connectivity index (χ1n) is 15.9. The molecular weight excluding hydrogens is 1060 g/mol. The van der Waals surface area contributed by atoms with Crippen molar-refractivity contribution in [3.8, 4) is 0 Å². The van der Waals surface area contributed by atoms with Crippen molar-refractivity contribution in [1.29, 1.82) is 0 Å². The van der Waals surface area contributed by atoms with Crippen LogP contribution in [0, 0.1) is 0 Å². The monoisotopic (exact) mass is 1100 g/mol. The average molecular weight is 1100 g/mol. The molecule has 39 heavy (non-hydrogen) atoms. The molecule has 6 aliphatic carbocycles. The van der Waals surface area contributed by atoms with Gasteiger partial charge in [0.15, 0.2) is 0 Å². The Bertz CT molecular complexity index is 976. The molecule has 0 radical (unpaired) electrons. The van der Waals surface area contributed by atoms with Gasteiger partial charge in [0.25, 0.3) is 0 Å². The van der Waals surface area contributed by atoms with Crippen LogP contribution in [0.5, 0.6) is 0 Å². The topological polar surface area (TPSA) is 0 Å². The van der Waals surface area contributed by atoms with E-state index in [9.17, 15) is 0 Å². The molecule has 0 saturated heterocycles. The van der Waals surface area contributed by atoms with Gasteiger partial charge in [0.2, 0.25) is 0 Å². The molecule has 7 rings (SSSR count). The van der Waals surface area contributed by atoms with Crippen molar-refractivity contribution in [3.05, 3.63) is 91.1 Å². The summed E-state index contributed by atoms with van der Waals surface area (Å²) in [5.74, 6) is 0. The van der Waals surface area contributed by atoms with Crippen LogP contribution in [0.3, 0.4) is 0 Å². The van der Waals surface area contributed by atoms with E-state index in [0.717, 1.165) is 21.8 Å². The fourth-order valence-electron chi connectivity index (χ4n) is 8.00. The minimum atomic E-state index is -2.01. The van der Waals surface area contributed by atoms with Crippen molar-refractivity contribution >= 4 is 75.1 Å². The van der Waals surface area contributed by atoms with Crippen molar-refractivity contribution in [2.75, 3.05) is 0 Å². The zero-order valence-electron chi connectivity index (χ0n) is 23.5. The summed E-state index contributed by atoms with van der Waals surface area (Å²) >= 11 is -6.03. The van der Waals surface area contributed by atoms with Crippen LogP contribution in [0.2, 0.25) is 21.8 Å². The van der Waals surface area contributed by atoms with Crippen molar-refractivity contribution in [3.63, 3.8) is 0 Å². The minimum absolute atomic E-state index is 0.937. The Hall–Kier alpha value is 0.309. The van der Waals surface area contributed by atoms with E-state index in [1.165, 1.54) is 77.0 Å². The van der Waals surface area contributed by atoms with Gasteiger partial charge >= 0.3 is 265 Å². The van der Waals surface area contributed by atoms with Gasteiger partial charge in [-0.3, -0.25) is 0 Å². The van der Waals surface area contributed by atoms with Gasteiger partial charge in [0, 0.05) is 0 Å². The molecule has 0 amide bonds. The maximum absolute atomic E-state index is 2.95. The Morgan fingerprint density at radius 3 is 0.692 bits per heavy atom. The van der Waals surface area contributed by atoms with E-state index in [2.05, 4.69) is 91.1 Å². The molecular formula is C36H45Bi3. The molecule has 0 heterocycles. The van der Waals surface area contributed by atoms with E-state index in [-0.39, 0.29) is 0 Å². The molecule has 0 bridgehead atoms. The molecule has 0 N–H and O–H groups in total. The van der Waals surface area contributed by atoms with E-state index in [1.54, 1.807) is 0 Å². The van der Waals surface area contributed by atoms with Crippen LogP contribution in [0.1, 0.15) is 77.0 Å². The molecule has 6 unspecified atom stereocenters. The van der Waals surface area contributed by atoms with Gasteiger partial charge in [-0.25, -0.2) is 0 Å². The molecule has 204 valence electrons. The van der Waals surface area contributed by atoms with Gasteiger partial charge in [-0.2, -0.15) is 0 Å². The van der Waals surface area contributed by atoms with Crippen molar-refractivity contribution in [1.82, 2.24) is 0 Å². The number of hydrogen-bond acceptors (Lipinski definition) is 0. The molecule has 3 heteroatoms. The number of allylic oxidation sites excluding steroid dienone is 12. The molecule has 1 aromatic carbocycles. The van der Waals surface area contributed by atoms with E-state index < -0.39 is 65.3 Å². The fourth-order valence-corrected chi connectivity index (χ4v) is 51.6. The summed E-state index contributed by atoms with van der Waals surface area (Å²) in [6.07, 6.45) is 48.2. The van der Waals surface area contributed by atoms with Crippen LogP contribution in [-0.2, 0) is 0 Å². The van der Waals surface area contributed by atoms with Gasteiger partial charge < -0.3 is 0 Å². The van der Waals surface area contributed by atoms with Crippen LogP contribution in [0.4, 0.5) is 0 Å². The first-order valence-corrected chi connectivity index (χ1v) is 33.1. The first kappa shape index (κ1) is 28.1. The summed E-state index contributed by atoms with van der Waals surface area (Å²) < 4.78 is 11.5. The summed E-state index contributed by atoms with van der Waals surface area (Å²) in [6.45, 7) is 0. The number of benzene rings is 1. The molecule has 6 atom stereocenters. The predicted molar refractivity (Wildman–Crippen MR) is 175 cm³/mol. The summed E-state index contributed by atoms with van der Waals surface area (Å²) in [4.78, 5) is 0. The second kappa shape index (κ2) is 13.3. The Labute approximate surface area is 261 Å². The Morgan fingerprint density at radius 2 is 0.538 bits per heavy atom. The third-order valence-electron chi connectivity index (χ3n) is 9.85.